The molecule has 2 aliphatic rings. The van der Waals surface area contributed by atoms with Gasteiger partial charge in [-0.3, -0.25) is 14.5 Å². The van der Waals surface area contributed by atoms with Crippen molar-refractivity contribution in [2.24, 2.45) is 0 Å². The van der Waals surface area contributed by atoms with Crippen LogP contribution in [0.5, 0.6) is 0 Å². The van der Waals surface area contributed by atoms with E-state index in [-0.39, 0.29) is 29.5 Å². The van der Waals surface area contributed by atoms with Gasteiger partial charge in [0, 0.05) is 37.8 Å². The molecule has 0 bridgehead atoms. The van der Waals surface area contributed by atoms with Gasteiger partial charge in [0.2, 0.25) is 5.91 Å². The topological polar surface area (TPSA) is 52.7 Å². The van der Waals surface area contributed by atoms with Gasteiger partial charge in [0.1, 0.15) is 17.7 Å². The molecule has 5 nitrogen and oxygen atoms in total. The Balaban J connectivity index is 1.49. The lowest BCUT2D eigenvalue weighted by atomic mass is 10.0. The first-order chi connectivity index (χ1) is 14.5. The second-order valence-corrected chi connectivity index (χ2v) is 7.93. The number of amides is 2. The first-order valence-corrected chi connectivity index (χ1v) is 10.4. The SMILES string of the molecule is O=C(NC1CC1)C(c1ccc(F)cc1)N1CCCN(C(=O)c2ccc(F)cc2)CC1. The number of halogens is 2. The van der Waals surface area contributed by atoms with Crippen LogP contribution in [-0.2, 0) is 4.79 Å². The van der Waals surface area contributed by atoms with E-state index in [1.807, 2.05) is 0 Å². The zero-order valence-corrected chi connectivity index (χ0v) is 16.7. The van der Waals surface area contributed by atoms with Crippen molar-refractivity contribution in [2.75, 3.05) is 26.2 Å². The number of carbonyl (C=O) groups excluding carboxylic acids is 2. The van der Waals surface area contributed by atoms with Crippen molar-refractivity contribution in [3.63, 3.8) is 0 Å². The molecule has 2 fully saturated rings. The summed E-state index contributed by atoms with van der Waals surface area (Å²) < 4.78 is 26.6. The molecule has 4 rings (SSSR count). The van der Waals surface area contributed by atoms with E-state index in [2.05, 4.69) is 10.2 Å². The Morgan fingerprint density at radius 2 is 1.50 bits per heavy atom. The zero-order chi connectivity index (χ0) is 21.1. The molecule has 1 atom stereocenters. The molecule has 1 aliphatic carbocycles. The maximum absolute atomic E-state index is 13.4. The van der Waals surface area contributed by atoms with Gasteiger partial charge >= 0.3 is 0 Å². The zero-order valence-electron chi connectivity index (χ0n) is 16.7. The molecule has 1 heterocycles. The van der Waals surface area contributed by atoms with Gasteiger partial charge < -0.3 is 10.2 Å². The standard InChI is InChI=1S/C23H25F2N3O2/c24-18-6-2-16(3-7-18)21(22(29)26-20-10-11-20)27-12-1-13-28(15-14-27)23(30)17-4-8-19(25)9-5-17/h2-9,20-21H,1,10-15H2,(H,26,29). The predicted molar refractivity (Wildman–Crippen MR) is 109 cm³/mol. The summed E-state index contributed by atoms with van der Waals surface area (Å²) >= 11 is 0. The van der Waals surface area contributed by atoms with Gasteiger partial charge in [-0.2, -0.15) is 0 Å². The van der Waals surface area contributed by atoms with Gasteiger partial charge in [-0.05, 0) is 61.2 Å². The third kappa shape index (κ3) is 4.84. The van der Waals surface area contributed by atoms with Crippen molar-refractivity contribution in [3.8, 4) is 0 Å². The molecular weight excluding hydrogens is 388 g/mol. The number of carbonyl (C=O) groups is 2. The Labute approximate surface area is 174 Å². The minimum absolute atomic E-state index is 0.0811. The van der Waals surface area contributed by atoms with Crippen LogP contribution in [0.1, 0.15) is 41.2 Å². The fraction of sp³-hybridized carbons (Fsp3) is 0.391. The molecule has 1 saturated carbocycles. The second-order valence-electron chi connectivity index (χ2n) is 7.93. The monoisotopic (exact) mass is 413 g/mol. The van der Waals surface area contributed by atoms with E-state index in [0.29, 0.717) is 38.2 Å². The van der Waals surface area contributed by atoms with Crippen LogP contribution in [0.2, 0.25) is 0 Å². The molecule has 2 aromatic carbocycles. The summed E-state index contributed by atoms with van der Waals surface area (Å²) in [6.45, 7) is 2.19. The van der Waals surface area contributed by atoms with Gasteiger partial charge in [-0.1, -0.05) is 12.1 Å². The molecule has 0 radical (unpaired) electrons. The van der Waals surface area contributed by atoms with Crippen LogP contribution >= 0.6 is 0 Å². The Bertz CT molecular complexity index is 898. The number of benzene rings is 2. The number of hydrogen-bond acceptors (Lipinski definition) is 3. The lowest BCUT2D eigenvalue weighted by Gasteiger charge is -2.30. The largest absolute Gasteiger partial charge is 0.352 e. The van der Waals surface area contributed by atoms with E-state index in [0.717, 1.165) is 18.4 Å². The summed E-state index contributed by atoms with van der Waals surface area (Å²) in [5.41, 5.74) is 1.19. The summed E-state index contributed by atoms with van der Waals surface area (Å²) in [6, 6.07) is 11.3. The quantitative estimate of drug-likeness (QED) is 0.820. The summed E-state index contributed by atoms with van der Waals surface area (Å²) in [5, 5.41) is 3.06. The normalized spacial score (nSPS) is 18.5. The molecule has 2 aromatic rings. The first-order valence-electron chi connectivity index (χ1n) is 10.4. The molecular formula is C23H25F2N3O2. The highest BCUT2D eigenvalue weighted by atomic mass is 19.1. The van der Waals surface area contributed by atoms with Crippen LogP contribution < -0.4 is 5.32 Å². The van der Waals surface area contributed by atoms with E-state index in [1.54, 1.807) is 17.0 Å². The lowest BCUT2D eigenvalue weighted by molar-refractivity contribution is -0.126. The van der Waals surface area contributed by atoms with Crippen LogP contribution in [-0.4, -0.2) is 53.8 Å². The average molecular weight is 413 g/mol. The number of rotatable bonds is 5. The Kier molecular flexibility index (Phi) is 6.08. The second kappa shape index (κ2) is 8.92. The van der Waals surface area contributed by atoms with Gasteiger partial charge in [-0.15, -0.1) is 0 Å². The Hall–Kier alpha value is -2.80. The average Bonchev–Trinajstić information content (AvgIpc) is 3.57. The minimum Gasteiger partial charge on any atom is -0.352 e. The van der Waals surface area contributed by atoms with E-state index >= 15 is 0 Å². The van der Waals surface area contributed by atoms with Crippen molar-refractivity contribution < 1.29 is 18.4 Å². The molecule has 2 amide bonds. The van der Waals surface area contributed by atoms with Gasteiger partial charge in [0.25, 0.3) is 5.91 Å². The van der Waals surface area contributed by atoms with Crippen LogP contribution in [0.3, 0.4) is 0 Å². The predicted octanol–water partition coefficient (Wildman–Crippen LogP) is 3.13. The fourth-order valence-electron chi connectivity index (χ4n) is 3.85. The molecule has 30 heavy (non-hydrogen) atoms. The molecule has 0 spiro atoms. The number of nitrogens with one attached hydrogen (secondary N) is 1. The van der Waals surface area contributed by atoms with Crippen molar-refractivity contribution in [1.29, 1.82) is 0 Å². The van der Waals surface area contributed by atoms with Crippen LogP contribution in [0.15, 0.2) is 48.5 Å². The maximum atomic E-state index is 13.4. The van der Waals surface area contributed by atoms with Crippen LogP contribution in [0, 0.1) is 11.6 Å². The number of nitrogens with zero attached hydrogens (tertiary/aromatic N) is 2. The van der Waals surface area contributed by atoms with Crippen molar-refractivity contribution in [1.82, 2.24) is 15.1 Å². The maximum Gasteiger partial charge on any atom is 0.253 e. The Morgan fingerprint density at radius 3 is 2.13 bits per heavy atom. The lowest BCUT2D eigenvalue weighted by Crippen LogP contribution is -2.43. The summed E-state index contributed by atoms with van der Waals surface area (Å²) in [5.74, 6) is -0.940. The summed E-state index contributed by atoms with van der Waals surface area (Å²) in [6.07, 6.45) is 2.69. The fourth-order valence-corrected chi connectivity index (χ4v) is 3.85. The minimum atomic E-state index is -0.521. The van der Waals surface area contributed by atoms with Crippen molar-refractivity contribution in [2.45, 2.75) is 31.3 Å². The molecule has 1 aliphatic heterocycles. The van der Waals surface area contributed by atoms with E-state index in [9.17, 15) is 18.4 Å². The summed E-state index contributed by atoms with van der Waals surface area (Å²) in [4.78, 5) is 29.6. The smallest absolute Gasteiger partial charge is 0.253 e. The van der Waals surface area contributed by atoms with Gasteiger partial charge in [-0.25, -0.2) is 8.78 Å². The van der Waals surface area contributed by atoms with Crippen molar-refractivity contribution in [3.05, 3.63) is 71.3 Å². The molecule has 158 valence electrons. The van der Waals surface area contributed by atoms with E-state index in [4.69, 9.17) is 0 Å². The highest BCUT2D eigenvalue weighted by molar-refractivity contribution is 5.94. The van der Waals surface area contributed by atoms with E-state index in [1.165, 1.54) is 36.4 Å². The van der Waals surface area contributed by atoms with Crippen LogP contribution in [0.25, 0.3) is 0 Å². The molecule has 1 saturated heterocycles. The Morgan fingerprint density at radius 1 is 0.867 bits per heavy atom. The number of hydrogen-bond donors (Lipinski definition) is 1. The molecule has 1 unspecified atom stereocenters. The highest BCUT2D eigenvalue weighted by Crippen LogP contribution is 2.26. The van der Waals surface area contributed by atoms with E-state index < -0.39 is 6.04 Å². The van der Waals surface area contributed by atoms with Gasteiger partial charge in [0.15, 0.2) is 0 Å². The first kappa shape index (κ1) is 20.5. The van der Waals surface area contributed by atoms with Gasteiger partial charge in [0.05, 0.1) is 0 Å². The highest BCUT2D eigenvalue weighted by Gasteiger charge is 2.33. The van der Waals surface area contributed by atoms with Crippen LogP contribution in [0.4, 0.5) is 8.78 Å². The third-order valence-electron chi connectivity index (χ3n) is 5.63. The molecule has 7 heteroatoms. The third-order valence-corrected chi connectivity index (χ3v) is 5.63. The molecule has 1 N–H and O–H groups in total. The molecule has 0 aromatic heterocycles. The summed E-state index contributed by atoms with van der Waals surface area (Å²) in [7, 11) is 0. The van der Waals surface area contributed by atoms with Crippen molar-refractivity contribution >= 4 is 11.8 Å².